The number of aliphatic hydroxyl groups is 1. The third-order valence-corrected chi connectivity index (χ3v) is 4.37. The second-order valence-corrected chi connectivity index (χ2v) is 6.25. The van der Waals surface area contributed by atoms with Crippen molar-refractivity contribution in [2.45, 2.75) is 44.6 Å². The van der Waals surface area contributed by atoms with Crippen LogP contribution in [0.4, 0.5) is 4.39 Å². The van der Waals surface area contributed by atoms with Crippen LogP contribution in [-0.2, 0) is 6.42 Å². The van der Waals surface area contributed by atoms with Crippen molar-refractivity contribution in [1.29, 1.82) is 0 Å². The molecule has 2 nitrogen and oxygen atoms in total. The van der Waals surface area contributed by atoms with Gasteiger partial charge in [-0.1, -0.05) is 24.6 Å². The van der Waals surface area contributed by atoms with E-state index in [1.165, 1.54) is 6.07 Å². The third-order valence-electron chi connectivity index (χ3n) is 4.07. The number of likely N-dealkylation sites (tertiary alicyclic amines) is 1. The van der Waals surface area contributed by atoms with Crippen LogP contribution in [0.15, 0.2) is 18.2 Å². The Morgan fingerprint density at radius 1 is 1.35 bits per heavy atom. The lowest BCUT2D eigenvalue weighted by Crippen LogP contribution is -2.33. The molecule has 1 fully saturated rings. The lowest BCUT2D eigenvalue weighted by atomic mass is 9.88. The fourth-order valence-corrected chi connectivity index (χ4v) is 3.10. The van der Waals surface area contributed by atoms with Gasteiger partial charge in [0.05, 0.1) is 10.6 Å². The van der Waals surface area contributed by atoms with Gasteiger partial charge in [-0.15, -0.1) is 0 Å². The van der Waals surface area contributed by atoms with Crippen LogP contribution in [-0.4, -0.2) is 35.2 Å². The van der Waals surface area contributed by atoms with E-state index in [0.29, 0.717) is 6.42 Å². The summed E-state index contributed by atoms with van der Waals surface area (Å²) in [6.07, 6.45) is 4.16. The SMILES string of the molecule is CCCN1CCCC(O)(Cc2ccc(Cl)c(F)c2)CC1. The Labute approximate surface area is 125 Å². The Balaban J connectivity index is 2.01. The topological polar surface area (TPSA) is 23.5 Å². The zero-order valence-corrected chi connectivity index (χ0v) is 12.8. The molecule has 0 radical (unpaired) electrons. The zero-order valence-electron chi connectivity index (χ0n) is 12.0. The molecule has 1 aliphatic heterocycles. The highest BCUT2D eigenvalue weighted by atomic mass is 35.5. The molecule has 1 saturated heterocycles. The van der Waals surface area contributed by atoms with Crippen LogP contribution in [0.1, 0.15) is 38.2 Å². The molecule has 1 aromatic carbocycles. The summed E-state index contributed by atoms with van der Waals surface area (Å²) in [6, 6.07) is 4.81. The summed E-state index contributed by atoms with van der Waals surface area (Å²) >= 11 is 5.69. The van der Waals surface area contributed by atoms with Crippen molar-refractivity contribution in [3.8, 4) is 0 Å². The highest BCUT2D eigenvalue weighted by Crippen LogP contribution is 2.27. The molecular weight excluding hydrogens is 277 g/mol. The van der Waals surface area contributed by atoms with Crippen LogP contribution in [0.3, 0.4) is 0 Å². The Morgan fingerprint density at radius 2 is 2.15 bits per heavy atom. The van der Waals surface area contributed by atoms with Crippen LogP contribution in [0, 0.1) is 5.82 Å². The Morgan fingerprint density at radius 3 is 2.85 bits per heavy atom. The first-order valence-electron chi connectivity index (χ1n) is 7.41. The lowest BCUT2D eigenvalue weighted by molar-refractivity contribution is 0.0256. The maximum atomic E-state index is 13.5. The maximum Gasteiger partial charge on any atom is 0.142 e. The monoisotopic (exact) mass is 299 g/mol. The largest absolute Gasteiger partial charge is 0.389 e. The molecule has 0 amide bonds. The van der Waals surface area contributed by atoms with Crippen molar-refractivity contribution in [3.05, 3.63) is 34.6 Å². The van der Waals surface area contributed by atoms with E-state index in [-0.39, 0.29) is 5.02 Å². The van der Waals surface area contributed by atoms with Gasteiger partial charge in [0.15, 0.2) is 0 Å². The summed E-state index contributed by atoms with van der Waals surface area (Å²) in [5.41, 5.74) is 0.0984. The summed E-state index contributed by atoms with van der Waals surface area (Å²) in [5, 5.41) is 10.9. The lowest BCUT2D eigenvalue weighted by Gasteiger charge is -2.27. The molecular formula is C16H23ClFNO. The number of hydrogen-bond donors (Lipinski definition) is 1. The molecule has 0 spiro atoms. The maximum absolute atomic E-state index is 13.5. The first kappa shape index (κ1) is 15.7. The van der Waals surface area contributed by atoms with Crippen molar-refractivity contribution in [3.63, 3.8) is 0 Å². The standard InChI is InChI=1S/C16H23ClFNO/c1-2-8-19-9-3-6-16(20,7-10-19)12-13-4-5-14(17)15(18)11-13/h4-5,11,20H,2-3,6-10,12H2,1H3. The van der Waals surface area contributed by atoms with Gasteiger partial charge < -0.3 is 10.0 Å². The van der Waals surface area contributed by atoms with Gasteiger partial charge in [0.2, 0.25) is 0 Å². The fraction of sp³-hybridized carbons (Fsp3) is 0.625. The first-order valence-corrected chi connectivity index (χ1v) is 7.79. The second-order valence-electron chi connectivity index (χ2n) is 5.84. The molecule has 0 bridgehead atoms. The van der Waals surface area contributed by atoms with Gasteiger partial charge in [0.1, 0.15) is 5.82 Å². The Bertz CT molecular complexity index is 454. The van der Waals surface area contributed by atoms with Gasteiger partial charge in [-0.05, 0) is 56.5 Å². The van der Waals surface area contributed by atoms with Gasteiger partial charge in [0.25, 0.3) is 0 Å². The summed E-state index contributed by atoms with van der Waals surface area (Å²) < 4.78 is 13.5. The number of halogens is 2. The first-order chi connectivity index (χ1) is 9.52. The molecule has 1 aliphatic rings. The average Bonchev–Trinajstić information content (AvgIpc) is 2.57. The smallest absolute Gasteiger partial charge is 0.142 e. The Kier molecular flexibility index (Phi) is 5.42. The molecule has 0 aliphatic carbocycles. The third kappa shape index (κ3) is 4.18. The molecule has 1 aromatic rings. The van der Waals surface area contributed by atoms with E-state index in [4.69, 9.17) is 11.6 Å². The average molecular weight is 300 g/mol. The van der Waals surface area contributed by atoms with Gasteiger partial charge >= 0.3 is 0 Å². The molecule has 1 atom stereocenters. The van der Waals surface area contributed by atoms with E-state index in [2.05, 4.69) is 11.8 Å². The predicted octanol–water partition coefficient (Wildman–Crippen LogP) is 3.65. The van der Waals surface area contributed by atoms with E-state index in [9.17, 15) is 9.50 Å². The van der Waals surface area contributed by atoms with E-state index in [1.54, 1.807) is 12.1 Å². The van der Waals surface area contributed by atoms with E-state index in [1.807, 2.05) is 0 Å². The van der Waals surface area contributed by atoms with E-state index >= 15 is 0 Å². The summed E-state index contributed by atoms with van der Waals surface area (Å²) in [5.74, 6) is -0.408. The van der Waals surface area contributed by atoms with Crippen LogP contribution in [0.25, 0.3) is 0 Å². The summed E-state index contributed by atoms with van der Waals surface area (Å²) in [6.45, 7) is 5.23. The molecule has 20 heavy (non-hydrogen) atoms. The van der Waals surface area contributed by atoms with E-state index in [0.717, 1.165) is 50.9 Å². The van der Waals surface area contributed by atoms with Crippen LogP contribution >= 0.6 is 11.6 Å². The number of hydrogen-bond acceptors (Lipinski definition) is 2. The Hall–Kier alpha value is -0.640. The minimum Gasteiger partial charge on any atom is -0.389 e. The highest BCUT2D eigenvalue weighted by molar-refractivity contribution is 6.30. The molecule has 1 heterocycles. The second kappa shape index (κ2) is 6.88. The molecule has 112 valence electrons. The molecule has 1 N–H and O–H groups in total. The minimum atomic E-state index is -0.719. The van der Waals surface area contributed by atoms with E-state index < -0.39 is 11.4 Å². The molecule has 1 unspecified atom stereocenters. The minimum absolute atomic E-state index is 0.135. The van der Waals surface area contributed by atoms with Crippen molar-refractivity contribution in [2.75, 3.05) is 19.6 Å². The molecule has 0 aromatic heterocycles. The predicted molar refractivity (Wildman–Crippen MR) is 80.6 cm³/mol. The van der Waals surface area contributed by atoms with Gasteiger partial charge in [-0.3, -0.25) is 0 Å². The zero-order chi connectivity index (χ0) is 14.6. The summed E-state index contributed by atoms with van der Waals surface area (Å²) in [4.78, 5) is 2.40. The normalized spacial score (nSPS) is 24.6. The van der Waals surface area contributed by atoms with Crippen molar-refractivity contribution < 1.29 is 9.50 Å². The van der Waals surface area contributed by atoms with Crippen molar-refractivity contribution in [1.82, 2.24) is 4.90 Å². The fourth-order valence-electron chi connectivity index (χ4n) is 2.98. The van der Waals surface area contributed by atoms with Crippen molar-refractivity contribution >= 4 is 11.6 Å². The van der Waals surface area contributed by atoms with Crippen LogP contribution in [0.2, 0.25) is 5.02 Å². The quantitative estimate of drug-likeness (QED) is 0.917. The summed E-state index contributed by atoms with van der Waals surface area (Å²) in [7, 11) is 0. The van der Waals surface area contributed by atoms with Gasteiger partial charge in [-0.25, -0.2) is 4.39 Å². The molecule has 2 rings (SSSR count). The highest BCUT2D eigenvalue weighted by Gasteiger charge is 2.30. The molecule has 0 saturated carbocycles. The number of benzene rings is 1. The van der Waals surface area contributed by atoms with Crippen LogP contribution < -0.4 is 0 Å². The molecule has 4 heteroatoms. The van der Waals surface area contributed by atoms with Gasteiger partial charge in [-0.2, -0.15) is 0 Å². The number of rotatable bonds is 4. The van der Waals surface area contributed by atoms with Gasteiger partial charge in [0, 0.05) is 13.0 Å². The van der Waals surface area contributed by atoms with Crippen LogP contribution in [0.5, 0.6) is 0 Å². The number of nitrogens with zero attached hydrogens (tertiary/aromatic N) is 1. The van der Waals surface area contributed by atoms with Crippen molar-refractivity contribution in [2.24, 2.45) is 0 Å².